The molecule has 0 nitrogen and oxygen atoms in total. The van der Waals surface area contributed by atoms with E-state index < -0.39 is 0 Å². The standard InChI is InChI=1S/C12H9Br/c13-12-8-6-11(7-9-12)10-4-2-1-3-5-10/h1-9H/i1D,2D,5D,6D,7D,8D. The fraction of sp³-hybridized carbons (Fsp3) is 0. The summed E-state index contributed by atoms with van der Waals surface area (Å²) < 4.78 is 46.7. The third-order valence-corrected chi connectivity index (χ3v) is 1.95. The second-order valence-electron chi connectivity index (χ2n) is 2.40. The van der Waals surface area contributed by atoms with Gasteiger partial charge in [0.25, 0.3) is 0 Å². The molecular formula is C12H9Br. The molecular weight excluding hydrogens is 224 g/mol. The summed E-state index contributed by atoms with van der Waals surface area (Å²) >= 11 is 3.11. The largest absolute Gasteiger partial charge is 0.0635 e. The van der Waals surface area contributed by atoms with Crippen molar-refractivity contribution in [2.45, 2.75) is 0 Å². The molecule has 0 saturated carbocycles. The van der Waals surface area contributed by atoms with E-state index in [1.165, 1.54) is 18.2 Å². The predicted molar refractivity (Wildman–Crippen MR) is 59.6 cm³/mol. The van der Waals surface area contributed by atoms with Crippen LogP contribution in [0.1, 0.15) is 8.22 Å². The van der Waals surface area contributed by atoms with Crippen LogP contribution in [0.5, 0.6) is 0 Å². The maximum atomic E-state index is 7.91. The lowest BCUT2D eigenvalue weighted by atomic mass is 10.1. The average Bonchev–Trinajstić information content (AvgIpc) is 2.33. The highest BCUT2D eigenvalue weighted by Crippen LogP contribution is 2.20. The van der Waals surface area contributed by atoms with E-state index in [1.54, 1.807) is 0 Å². The Balaban J connectivity index is 2.80. The van der Waals surface area contributed by atoms with Crippen molar-refractivity contribution in [1.29, 1.82) is 0 Å². The molecule has 13 heavy (non-hydrogen) atoms. The molecule has 0 atom stereocenters. The molecule has 0 heterocycles. The van der Waals surface area contributed by atoms with E-state index in [4.69, 9.17) is 8.22 Å². The molecule has 0 spiro atoms. The Morgan fingerprint density at radius 3 is 2.77 bits per heavy atom. The quantitative estimate of drug-likeness (QED) is 0.702. The van der Waals surface area contributed by atoms with Crippen molar-refractivity contribution in [3.05, 3.63) is 58.9 Å². The van der Waals surface area contributed by atoms with E-state index in [0.29, 0.717) is 4.47 Å². The first-order valence-electron chi connectivity index (χ1n) is 6.67. The SMILES string of the molecule is [2H]c1cc([2H])c(-c2c([2H])cc(Br)c([2H])c2[2H])cc1[2H]. The minimum absolute atomic E-state index is 0.0125. The van der Waals surface area contributed by atoms with Crippen LogP contribution in [-0.2, 0) is 0 Å². The molecule has 2 aromatic rings. The molecule has 0 unspecified atom stereocenters. The maximum Gasteiger partial charge on any atom is 0.0635 e. The zero-order valence-electron chi connectivity index (χ0n) is 12.6. The Hall–Kier alpha value is -1.08. The minimum Gasteiger partial charge on any atom is -0.0622 e. The second-order valence-corrected chi connectivity index (χ2v) is 3.25. The Morgan fingerprint density at radius 2 is 1.85 bits per heavy atom. The average molecular weight is 239 g/mol. The van der Waals surface area contributed by atoms with Crippen molar-refractivity contribution >= 4 is 15.9 Å². The molecule has 0 amide bonds. The van der Waals surface area contributed by atoms with E-state index in [1.807, 2.05) is 0 Å². The zero-order valence-corrected chi connectivity index (χ0v) is 8.20. The van der Waals surface area contributed by atoms with Crippen molar-refractivity contribution < 1.29 is 8.22 Å². The minimum atomic E-state index is -0.162. The van der Waals surface area contributed by atoms with Gasteiger partial charge in [-0.2, -0.15) is 0 Å². The van der Waals surface area contributed by atoms with Crippen LogP contribution in [0.25, 0.3) is 11.1 Å². The first kappa shape index (κ1) is 3.97. The van der Waals surface area contributed by atoms with Gasteiger partial charge in [0.05, 0.1) is 8.22 Å². The van der Waals surface area contributed by atoms with E-state index in [-0.39, 0.29) is 47.4 Å². The molecule has 0 saturated heterocycles. The number of rotatable bonds is 1. The Bertz CT molecular complexity index is 668. The van der Waals surface area contributed by atoms with Crippen LogP contribution in [0, 0.1) is 0 Å². The molecule has 64 valence electrons. The second kappa shape index (κ2) is 3.75. The summed E-state index contributed by atoms with van der Waals surface area (Å²) in [5.74, 6) is 0. The van der Waals surface area contributed by atoms with Crippen LogP contribution < -0.4 is 0 Å². The van der Waals surface area contributed by atoms with E-state index in [0.717, 1.165) is 0 Å². The molecule has 2 aromatic carbocycles. The number of hydrogen-bond acceptors (Lipinski definition) is 0. The van der Waals surface area contributed by atoms with Crippen LogP contribution in [0.2, 0.25) is 0 Å². The molecule has 1 heteroatoms. The van der Waals surface area contributed by atoms with Gasteiger partial charge < -0.3 is 0 Å². The van der Waals surface area contributed by atoms with Crippen molar-refractivity contribution in [3.8, 4) is 11.1 Å². The smallest absolute Gasteiger partial charge is 0.0622 e. The fourth-order valence-electron chi connectivity index (χ4n) is 0.930. The molecule has 2 rings (SSSR count). The van der Waals surface area contributed by atoms with Gasteiger partial charge in [-0.15, -0.1) is 0 Å². The molecule has 0 radical (unpaired) electrons. The third kappa shape index (κ3) is 1.99. The predicted octanol–water partition coefficient (Wildman–Crippen LogP) is 4.12. The first-order valence-corrected chi connectivity index (χ1v) is 4.46. The Labute approximate surface area is 94.8 Å². The highest BCUT2D eigenvalue weighted by molar-refractivity contribution is 9.10. The van der Waals surface area contributed by atoms with Crippen LogP contribution in [-0.4, -0.2) is 0 Å². The van der Waals surface area contributed by atoms with Gasteiger partial charge in [-0.1, -0.05) is 58.3 Å². The van der Waals surface area contributed by atoms with E-state index >= 15 is 0 Å². The molecule has 0 fully saturated rings. The monoisotopic (exact) mass is 238 g/mol. The first-order chi connectivity index (χ1) is 8.82. The van der Waals surface area contributed by atoms with Crippen molar-refractivity contribution in [3.63, 3.8) is 0 Å². The third-order valence-electron chi connectivity index (χ3n) is 1.52. The molecule has 0 aliphatic heterocycles. The van der Waals surface area contributed by atoms with E-state index in [2.05, 4.69) is 15.9 Å². The van der Waals surface area contributed by atoms with Gasteiger partial charge in [-0.3, -0.25) is 0 Å². The van der Waals surface area contributed by atoms with Gasteiger partial charge in [0.2, 0.25) is 0 Å². The Kier molecular flexibility index (Phi) is 1.15. The lowest BCUT2D eigenvalue weighted by Crippen LogP contribution is -1.75. The fourth-order valence-corrected chi connectivity index (χ4v) is 1.14. The molecule has 0 aromatic heterocycles. The maximum absolute atomic E-state index is 7.91. The molecule has 0 N–H and O–H groups in total. The normalized spacial score (nSPS) is 16.4. The summed E-state index contributed by atoms with van der Waals surface area (Å²) in [6.07, 6.45) is 0. The summed E-state index contributed by atoms with van der Waals surface area (Å²) in [7, 11) is 0. The lowest BCUT2D eigenvalue weighted by Gasteiger charge is -2.00. The summed E-state index contributed by atoms with van der Waals surface area (Å²) in [6, 6.07) is 3.52. The summed E-state index contributed by atoms with van der Waals surface area (Å²) in [6.45, 7) is 0. The lowest BCUT2D eigenvalue weighted by molar-refractivity contribution is 1.59. The van der Waals surface area contributed by atoms with Gasteiger partial charge in [-0.25, -0.2) is 0 Å². The van der Waals surface area contributed by atoms with E-state index in [9.17, 15) is 0 Å². The highest BCUT2D eigenvalue weighted by atomic mass is 79.9. The number of hydrogen-bond donors (Lipinski definition) is 0. The Morgan fingerprint density at radius 1 is 0.923 bits per heavy atom. The molecule has 0 bridgehead atoms. The molecule has 0 aliphatic carbocycles. The van der Waals surface area contributed by atoms with Crippen LogP contribution >= 0.6 is 15.9 Å². The van der Waals surface area contributed by atoms with Crippen LogP contribution in [0.15, 0.2) is 58.9 Å². The van der Waals surface area contributed by atoms with Gasteiger partial charge in [0.1, 0.15) is 0 Å². The summed E-state index contributed by atoms with van der Waals surface area (Å²) in [5, 5.41) is 0. The van der Waals surface area contributed by atoms with Gasteiger partial charge in [-0.05, 0) is 23.2 Å². The topological polar surface area (TPSA) is 0 Å². The highest BCUT2D eigenvalue weighted by Gasteiger charge is 1.94. The zero-order chi connectivity index (χ0) is 14.3. The molecule has 0 aliphatic rings. The summed E-state index contributed by atoms with van der Waals surface area (Å²) in [4.78, 5) is 0. The van der Waals surface area contributed by atoms with Gasteiger partial charge in [0.15, 0.2) is 0 Å². The van der Waals surface area contributed by atoms with Crippen LogP contribution in [0.4, 0.5) is 0 Å². The number of benzene rings is 2. The number of halogens is 1. The van der Waals surface area contributed by atoms with Gasteiger partial charge in [0, 0.05) is 4.47 Å². The summed E-state index contributed by atoms with van der Waals surface area (Å²) in [5.41, 5.74) is 0.378. The van der Waals surface area contributed by atoms with Crippen molar-refractivity contribution in [2.75, 3.05) is 0 Å². The van der Waals surface area contributed by atoms with Crippen LogP contribution in [0.3, 0.4) is 0 Å². The van der Waals surface area contributed by atoms with Gasteiger partial charge >= 0.3 is 0 Å². The van der Waals surface area contributed by atoms with Crippen molar-refractivity contribution in [2.24, 2.45) is 0 Å². The van der Waals surface area contributed by atoms with Crippen molar-refractivity contribution in [1.82, 2.24) is 0 Å².